The molecule has 2 aromatic carbocycles. The van der Waals surface area contributed by atoms with Crippen LogP contribution in [0.4, 0.5) is 5.69 Å². The number of benzene rings is 2. The first kappa shape index (κ1) is 19.5. The van der Waals surface area contributed by atoms with Gasteiger partial charge in [0.2, 0.25) is 0 Å². The molecule has 0 heterocycles. The summed E-state index contributed by atoms with van der Waals surface area (Å²) in [5.41, 5.74) is 1.54. The zero-order valence-corrected chi connectivity index (χ0v) is 15.3. The molecule has 0 saturated heterocycles. The van der Waals surface area contributed by atoms with Crippen molar-refractivity contribution in [3.05, 3.63) is 59.7 Å². The van der Waals surface area contributed by atoms with Crippen LogP contribution in [0.3, 0.4) is 0 Å². The van der Waals surface area contributed by atoms with Crippen LogP contribution in [0, 0.1) is 0 Å². The number of anilines is 1. The lowest BCUT2D eigenvalue weighted by Gasteiger charge is -2.11. The molecule has 0 fully saturated rings. The van der Waals surface area contributed by atoms with E-state index in [9.17, 15) is 9.59 Å². The fraction of sp³-hybridized carbons (Fsp3) is 0.333. The Balaban J connectivity index is 2.02. The van der Waals surface area contributed by atoms with Gasteiger partial charge in [0.15, 0.2) is 0 Å². The van der Waals surface area contributed by atoms with E-state index in [1.54, 1.807) is 42.5 Å². The van der Waals surface area contributed by atoms with Gasteiger partial charge < -0.3 is 14.8 Å². The molecule has 0 saturated carbocycles. The molecule has 0 spiro atoms. The van der Waals surface area contributed by atoms with Crippen molar-refractivity contribution >= 4 is 17.6 Å². The quantitative estimate of drug-likeness (QED) is 0.524. The molecule has 0 aromatic heterocycles. The average molecular weight is 355 g/mol. The summed E-state index contributed by atoms with van der Waals surface area (Å²) in [5, 5.41) is 2.83. The number of hydrogen-bond acceptors (Lipinski definition) is 4. The standard InChI is InChI=1S/C21H25NO4/c1-3-5-15-25-19-9-7-6-8-18(19)20(23)22-17-12-10-16(11-13-17)21(24)26-14-4-2/h6-13H,3-5,14-15H2,1-2H3,(H,22,23). The monoisotopic (exact) mass is 355 g/mol. The van der Waals surface area contributed by atoms with Crippen molar-refractivity contribution in [1.82, 2.24) is 0 Å². The Morgan fingerprint density at radius 2 is 1.65 bits per heavy atom. The Kier molecular flexibility index (Phi) is 7.68. The summed E-state index contributed by atoms with van der Waals surface area (Å²) in [6.45, 7) is 5.00. The lowest BCUT2D eigenvalue weighted by molar-refractivity contribution is 0.0505. The van der Waals surface area contributed by atoms with Crippen LogP contribution in [0.2, 0.25) is 0 Å². The normalized spacial score (nSPS) is 10.2. The SMILES string of the molecule is CCCCOc1ccccc1C(=O)Nc1ccc(C(=O)OCCC)cc1. The minimum absolute atomic E-state index is 0.251. The van der Waals surface area contributed by atoms with Crippen molar-refractivity contribution in [3.63, 3.8) is 0 Å². The molecule has 1 amide bonds. The maximum atomic E-state index is 12.5. The fourth-order valence-electron chi connectivity index (χ4n) is 2.27. The van der Waals surface area contributed by atoms with Gasteiger partial charge in [-0.2, -0.15) is 0 Å². The lowest BCUT2D eigenvalue weighted by atomic mass is 10.1. The van der Waals surface area contributed by atoms with Gasteiger partial charge >= 0.3 is 5.97 Å². The highest BCUT2D eigenvalue weighted by Crippen LogP contribution is 2.20. The van der Waals surface area contributed by atoms with E-state index in [-0.39, 0.29) is 11.9 Å². The van der Waals surface area contributed by atoms with Crippen LogP contribution in [-0.4, -0.2) is 25.1 Å². The summed E-state index contributed by atoms with van der Waals surface area (Å²) in [6.07, 6.45) is 2.74. The molecule has 2 rings (SSSR count). The summed E-state index contributed by atoms with van der Waals surface area (Å²) < 4.78 is 10.8. The Morgan fingerprint density at radius 3 is 2.35 bits per heavy atom. The first-order valence-corrected chi connectivity index (χ1v) is 8.96. The number of rotatable bonds is 9. The molecule has 0 bridgehead atoms. The van der Waals surface area contributed by atoms with Crippen LogP contribution < -0.4 is 10.1 Å². The van der Waals surface area contributed by atoms with Crippen LogP contribution >= 0.6 is 0 Å². The van der Waals surface area contributed by atoms with Crippen molar-refractivity contribution in [2.75, 3.05) is 18.5 Å². The smallest absolute Gasteiger partial charge is 0.338 e. The summed E-state index contributed by atoms with van der Waals surface area (Å²) >= 11 is 0. The van der Waals surface area contributed by atoms with Gasteiger partial charge in [0.1, 0.15) is 5.75 Å². The predicted octanol–water partition coefficient (Wildman–Crippen LogP) is 4.68. The number of nitrogens with one attached hydrogen (secondary N) is 1. The summed E-state index contributed by atoms with van der Waals surface area (Å²) in [4.78, 5) is 24.3. The van der Waals surface area contributed by atoms with E-state index in [1.165, 1.54) is 0 Å². The Morgan fingerprint density at radius 1 is 0.923 bits per heavy atom. The fourth-order valence-corrected chi connectivity index (χ4v) is 2.27. The van der Waals surface area contributed by atoms with Gasteiger partial charge in [-0.05, 0) is 49.2 Å². The molecule has 138 valence electrons. The van der Waals surface area contributed by atoms with Gasteiger partial charge in [0, 0.05) is 5.69 Å². The minimum Gasteiger partial charge on any atom is -0.493 e. The number of carbonyl (C=O) groups is 2. The topological polar surface area (TPSA) is 64.6 Å². The molecule has 5 nitrogen and oxygen atoms in total. The van der Waals surface area contributed by atoms with Gasteiger partial charge in [-0.15, -0.1) is 0 Å². The summed E-state index contributed by atoms with van der Waals surface area (Å²) in [6, 6.07) is 13.8. The molecular weight excluding hydrogens is 330 g/mol. The third-order valence-corrected chi connectivity index (χ3v) is 3.70. The summed E-state index contributed by atoms with van der Waals surface area (Å²) in [5.74, 6) is -0.0454. The van der Waals surface area contributed by atoms with Crippen molar-refractivity contribution in [3.8, 4) is 5.75 Å². The molecule has 1 N–H and O–H groups in total. The molecule has 2 aromatic rings. The first-order valence-electron chi connectivity index (χ1n) is 8.96. The zero-order valence-electron chi connectivity index (χ0n) is 15.3. The number of carbonyl (C=O) groups excluding carboxylic acids is 2. The summed E-state index contributed by atoms with van der Waals surface area (Å²) in [7, 11) is 0. The lowest BCUT2D eigenvalue weighted by Crippen LogP contribution is -2.14. The predicted molar refractivity (Wildman–Crippen MR) is 102 cm³/mol. The van der Waals surface area contributed by atoms with E-state index >= 15 is 0 Å². The highest BCUT2D eigenvalue weighted by atomic mass is 16.5. The van der Waals surface area contributed by atoms with Gasteiger partial charge in [-0.3, -0.25) is 4.79 Å². The molecule has 0 aliphatic carbocycles. The number of ether oxygens (including phenoxy) is 2. The van der Waals surface area contributed by atoms with E-state index in [0.29, 0.717) is 35.8 Å². The second kappa shape index (κ2) is 10.2. The number of unbranched alkanes of at least 4 members (excludes halogenated alkanes) is 1. The van der Waals surface area contributed by atoms with E-state index in [4.69, 9.17) is 9.47 Å². The number of amides is 1. The van der Waals surface area contributed by atoms with Gasteiger partial charge in [-0.1, -0.05) is 32.4 Å². The Hall–Kier alpha value is -2.82. The largest absolute Gasteiger partial charge is 0.493 e. The van der Waals surface area contributed by atoms with E-state index < -0.39 is 0 Å². The van der Waals surface area contributed by atoms with Crippen LogP contribution in [0.5, 0.6) is 5.75 Å². The Bertz CT molecular complexity index is 725. The maximum Gasteiger partial charge on any atom is 0.338 e. The van der Waals surface area contributed by atoms with Gasteiger partial charge in [-0.25, -0.2) is 4.79 Å². The molecule has 26 heavy (non-hydrogen) atoms. The van der Waals surface area contributed by atoms with Crippen molar-refractivity contribution in [2.24, 2.45) is 0 Å². The van der Waals surface area contributed by atoms with Crippen LogP contribution in [0.15, 0.2) is 48.5 Å². The van der Waals surface area contributed by atoms with Crippen molar-refractivity contribution < 1.29 is 19.1 Å². The maximum absolute atomic E-state index is 12.5. The molecule has 0 radical (unpaired) electrons. The second-order valence-corrected chi connectivity index (χ2v) is 5.87. The van der Waals surface area contributed by atoms with Gasteiger partial charge in [0.05, 0.1) is 24.3 Å². The van der Waals surface area contributed by atoms with Crippen LogP contribution in [-0.2, 0) is 4.74 Å². The van der Waals surface area contributed by atoms with Crippen molar-refractivity contribution in [2.45, 2.75) is 33.1 Å². The third-order valence-electron chi connectivity index (χ3n) is 3.70. The van der Waals surface area contributed by atoms with Gasteiger partial charge in [0.25, 0.3) is 5.91 Å². The van der Waals surface area contributed by atoms with E-state index in [0.717, 1.165) is 19.3 Å². The average Bonchev–Trinajstić information content (AvgIpc) is 2.67. The first-order chi connectivity index (χ1) is 12.7. The molecule has 5 heteroatoms. The van der Waals surface area contributed by atoms with Crippen LogP contribution in [0.1, 0.15) is 53.8 Å². The third kappa shape index (κ3) is 5.62. The second-order valence-electron chi connectivity index (χ2n) is 5.87. The minimum atomic E-state index is -0.362. The van der Waals surface area contributed by atoms with E-state index in [1.807, 2.05) is 13.0 Å². The molecule has 0 aliphatic rings. The van der Waals surface area contributed by atoms with Crippen LogP contribution in [0.25, 0.3) is 0 Å². The van der Waals surface area contributed by atoms with E-state index in [2.05, 4.69) is 12.2 Å². The number of hydrogen-bond donors (Lipinski definition) is 1. The highest BCUT2D eigenvalue weighted by Gasteiger charge is 2.13. The van der Waals surface area contributed by atoms with Crippen molar-refractivity contribution in [1.29, 1.82) is 0 Å². The molecule has 0 aliphatic heterocycles. The molecule has 0 atom stereocenters. The molecular formula is C21H25NO4. The highest BCUT2D eigenvalue weighted by molar-refractivity contribution is 6.06. The Labute approximate surface area is 154 Å². The zero-order chi connectivity index (χ0) is 18.8. The number of para-hydroxylation sites is 1. The number of esters is 1. The molecule has 0 unspecified atom stereocenters.